The summed E-state index contributed by atoms with van der Waals surface area (Å²) >= 11 is 0. The predicted octanol–water partition coefficient (Wildman–Crippen LogP) is 2.05. The largest absolute Gasteiger partial charge is 0.354 e. The van der Waals surface area contributed by atoms with Gasteiger partial charge in [-0.25, -0.2) is 4.98 Å². The van der Waals surface area contributed by atoms with Crippen molar-refractivity contribution < 1.29 is 4.79 Å². The number of aromatic nitrogens is 3. The molecule has 6 nitrogen and oxygen atoms in total. The molecule has 24 heavy (non-hydrogen) atoms. The molecule has 1 amide bonds. The minimum absolute atomic E-state index is 0.0131. The van der Waals surface area contributed by atoms with Crippen molar-refractivity contribution in [3.05, 3.63) is 59.9 Å². The molecule has 4 rings (SSSR count). The van der Waals surface area contributed by atoms with Crippen LogP contribution in [0.3, 0.4) is 0 Å². The molecule has 1 aliphatic heterocycles. The lowest BCUT2D eigenvalue weighted by Gasteiger charge is -2.19. The van der Waals surface area contributed by atoms with Gasteiger partial charge in [0.15, 0.2) is 5.65 Å². The first-order valence-electron chi connectivity index (χ1n) is 8.12. The third kappa shape index (κ3) is 2.71. The molecule has 0 bridgehead atoms. The second-order valence-electron chi connectivity index (χ2n) is 6.18. The molecule has 0 saturated carbocycles. The van der Waals surface area contributed by atoms with Gasteiger partial charge in [-0.3, -0.25) is 4.79 Å². The average molecular weight is 321 g/mol. The topological polar surface area (TPSA) is 62.5 Å². The summed E-state index contributed by atoms with van der Waals surface area (Å²) in [5.41, 5.74) is 2.69. The van der Waals surface area contributed by atoms with Crippen LogP contribution in [0.4, 0.5) is 5.82 Å². The fourth-order valence-corrected chi connectivity index (χ4v) is 3.12. The number of carbonyl (C=O) groups is 1. The fraction of sp³-hybridized carbons (Fsp3) is 0.278. The molecule has 0 aliphatic carbocycles. The minimum atomic E-state index is -0.0131. The van der Waals surface area contributed by atoms with E-state index in [0.717, 1.165) is 36.5 Å². The summed E-state index contributed by atoms with van der Waals surface area (Å²) in [4.78, 5) is 18.9. The summed E-state index contributed by atoms with van der Waals surface area (Å²) < 4.78 is 1.84. The zero-order chi connectivity index (χ0) is 16.5. The molecule has 1 atom stereocenters. The third-order valence-electron chi connectivity index (χ3n) is 4.43. The molecule has 2 aromatic heterocycles. The van der Waals surface area contributed by atoms with E-state index in [1.807, 2.05) is 47.8 Å². The number of nitrogens with zero attached hydrogens (tertiary/aromatic N) is 4. The number of hydrogen-bond donors (Lipinski definition) is 1. The van der Waals surface area contributed by atoms with Crippen LogP contribution in [-0.2, 0) is 0 Å². The number of aryl methyl sites for hydroxylation is 1. The van der Waals surface area contributed by atoms with Crippen LogP contribution in [-0.4, -0.2) is 39.6 Å². The molecule has 1 N–H and O–H groups in total. The van der Waals surface area contributed by atoms with E-state index in [9.17, 15) is 4.79 Å². The summed E-state index contributed by atoms with van der Waals surface area (Å²) in [5.74, 6) is 0.998. The van der Waals surface area contributed by atoms with Gasteiger partial charge >= 0.3 is 0 Å². The standard InChI is InChI=1S/C18H19N5O/c1-13-2-4-14(5-3-13)18(24)21-15-8-11-22(12-15)17-7-9-19-16-6-10-20-23(16)17/h2-7,9-10,15H,8,11-12H2,1H3,(H,21,24). The molecule has 6 heteroatoms. The Morgan fingerprint density at radius 1 is 1.17 bits per heavy atom. The van der Waals surface area contributed by atoms with E-state index in [0.29, 0.717) is 5.56 Å². The zero-order valence-electron chi connectivity index (χ0n) is 13.5. The van der Waals surface area contributed by atoms with Gasteiger partial charge in [0.2, 0.25) is 0 Å². The highest BCUT2D eigenvalue weighted by Gasteiger charge is 2.26. The summed E-state index contributed by atoms with van der Waals surface area (Å²) in [7, 11) is 0. The molecule has 1 aromatic carbocycles. The van der Waals surface area contributed by atoms with Gasteiger partial charge in [0.25, 0.3) is 5.91 Å². The summed E-state index contributed by atoms with van der Waals surface area (Å²) in [6, 6.07) is 11.6. The molecule has 3 heterocycles. The number of anilines is 1. The Bertz CT molecular complexity index is 871. The Morgan fingerprint density at radius 3 is 2.83 bits per heavy atom. The van der Waals surface area contributed by atoms with Gasteiger partial charge in [0.1, 0.15) is 5.82 Å². The normalized spacial score (nSPS) is 17.4. The quantitative estimate of drug-likeness (QED) is 0.802. The third-order valence-corrected chi connectivity index (χ3v) is 4.43. The van der Waals surface area contributed by atoms with Crippen molar-refractivity contribution in [2.75, 3.05) is 18.0 Å². The first-order valence-corrected chi connectivity index (χ1v) is 8.12. The number of fused-ring (bicyclic) bond motifs is 1. The number of nitrogens with one attached hydrogen (secondary N) is 1. The van der Waals surface area contributed by atoms with Gasteiger partial charge < -0.3 is 10.2 Å². The lowest BCUT2D eigenvalue weighted by atomic mass is 10.1. The molecule has 3 aromatic rings. The van der Waals surface area contributed by atoms with Crippen LogP contribution in [0.5, 0.6) is 0 Å². The predicted molar refractivity (Wildman–Crippen MR) is 92.3 cm³/mol. The smallest absolute Gasteiger partial charge is 0.251 e. The molecule has 0 spiro atoms. The minimum Gasteiger partial charge on any atom is -0.354 e. The summed E-state index contributed by atoms with van der Waals surface area (Å²) in [6.45, 7) is 3.68. The molecule has 1 aliphatic rings. The average Bonchev–Trinajstić information content (AvgIpc) is 3.24. The van der Waals surface area contributed by atoms with Crippen molar-refractivity contribution in [3.8, 4) is 0 Å². The van der Waals surface area contributed by atoms with E-state index in [2.05, 4.69) is 20.3 Å². The maximum absolute atomic E-state index is 12.4. The number of carbonyl (C=O) groups excluding carboxylic acids is 1. The second-order valence-corrected chi connectivity index (χ2v) is 6.18. The Morgan fingerprint density at radius 2 is 2.00 bits per heavy atom. The van der Waals surface area contributed by atoms with E-state index in [-0.39, 0.29) is 11.9 Å². The van der Waals surface area contributed by atoms with Crippen LogP contribution in [0.25, 0.3) is 5.65 Å². The van der Waals surface area contributed by atoms with Crippen LogP contribution in [0.2, 0.25) is 0 Å². The molecular formula is C18H19N5O. The van der Waals surface area contributed by atoms with E-state index in [4.69, 9.17) is 0 Å². The van der Waals surface area contributed by atoms with Gasteiger partial charge in [-0.2, -0.15) is 9.61 Å². The fourth-order valence-electron chi connectivity index (χ4n) is 3.12. The Labute approximate surface area is 140 Å². The first kappa shape index (κ1) is 14.7. The molecule has 0 radical (unpaired) electrons. The van der Waals surface area contributed by atoms with Crippen molar-refractivity contribution in [3.63, 3.8) is 0 Å². The van der Waals surface area contributed by atoms with Gasteiger partial charge in [-0.1, -0.05) is 17.7 Å². The highest BCUT2D eigenvalue weighted by molar-refractivity contribution is 5.94. The SMILES string of the molecule is Cc1ccc(C(=O)NC2CCN(c3ccnc4ccnn34)C2)cc1. The number of amides is 1. The van der Waals surface area contributed by atoms with Crippen LogP contribution in [0, 0.1) is 6.92 Å². The Balaban J connectivity index is 1.46. The number of benzene rings is 1. The number of rotatable bonds is 3. The highest BCUT2D eigenvalue weighted by Crippen LogP contribution is 2.20. The molecule has 1 fully saturated rings. The summed E-state index contributed by atoms with van der Waals surface area (Å²) in [5, 5.41) is 7.46. The maximum atomic E-state index is 12.4. The van der Waals surface area contributed by atoms with Crippen molar-refractivity contribution in [1.82, 2.24) is 19.9 Å². The van der Waals surface area contributed by atoms with Crippen LogP contribution in [0.15, 0.2) is 48.8 Å². The van der Waals surface area contributed by atoms with Crippen molar-refractivity contribution in [1.29, 1.82) is 0 Å². The van der Waals surface area contributed by atoms with E-state index >= 15 is 0 Å². The molecular weight excluding hydrogens is 302 g/mol. The monoisotopic (exact) mass is 321 g/mol. The van der Waals surface area contributed by atoms with Crippen LogP contribution >= 0.6 is 0 Å². The van der Waals surface area contributed by atoms with Gasteiger partial charge in [0.05, 0.1) is 6.20 Å². The Hall–Kier alpha value is -2.89. The maximum Gasteiger partial charge on any atom is 0.251 e. The van der Waals surface area contributed by atoms with E-state index in [1.165, 1.54) is 0 Å². The Kier molecular flexibility index (Phi) is 3.65. The first-order chi connectivity index (χ1) is 11.7. The molecule has 122 valence electrons. The van der Waals surface area contributed by atoms with Crippen LogP contribution in [0.1, 0.15) is 22.3 Å². The number of hydrogen-bond acceptors (Lipinski definition) is 4. The highest BCUT2D eigenvalue weighted by atomic mass is 16.1. The second kappa shape index (κ2) is 5.96. The lowest BCUT2D eigenvalue weighted by molar-refractivity contribution is 0.0940. The van der Waals surface area contributed by atoms with Gasteiger partial charge in [-0.05, 0) is 31.5 Å². The zero-order valence-corrected chi connectivity index (χ0v) is 13.5. The molecule has 1 saturated heterocycles. The van der Waals surface area contributed by atoms with Crippen molar-refractivity contribution >= 4 is 17.4 Å². The van der Waals surface area contributed by atoms with Crippen molar-refractivity contribution in [2.24, 2.45) is 0 Å². The van der Waals surface area contributed by atoms with E-state index < -0.39 is 0 Å². The van der Waals surface area contributed by atoms with Gasteiger partial charge in [0, 0.05) is 37.0 Å². The van der Waals surface area contributed by atoms with Crippen molar-refractivity contribution in [2.45, 2.75) is 19.4 Å². The van der Waals surface area contributed by atoms with Crippen LogP contribution < -0.4 is 10.2 Å². The van der Waals surface area contributed by atoms with E-state index in [1.54, 1.807) is 12.4 Å². The molecule has 1 unspecified atom stereocenters. The lowest BCUT2D eigenvalue weighted by Crippen LogP contribution is -2.37. The summed E-state index contributed by atoms with van der Waals surface area (Å²) in [6.07, 6.45) is 4.46. The van der Waals surface area contributed by atoms with Gasteiger partial charge in [-0.15, -0.1) is 0 Å².